The molecule has 2 atom stereocenters. The highest BCUT2D eigenvalue weighted by atomic mass is 16.6. The molecule has 4 aromatic carbocycles. The minimum atomic E-state index is -0.794. The normalized spacial score (nSPS) is 13.1. The smallest absolute Gasteiger partial charge is 0.332 e. The Kier molecular flexibility index (Phi) is 8.48. The van der Waals surface area contributed by atoms with Gasteiger partial charge in [-0.05, 0) is 31.9 Å². The van der Waals surface area contributed by atoms with E-state index in [9.17, 15) is 4.79 Å². The Hall–Kier alpha value is -4.24. The van der Waals surface area contributed by atoms with Crippen molar-refractivity contribution in [1.29, 1.82) is 0 Å². The summed E-state index contributed by atoms with van der Waals surface area (Å²) >= 11 is 0. The molecule has 37 heavy (non-hydrogen) atoms. The number of nitrogens with zero attached hydrogens (tertiary/aromatic N) is 1. The highest BCUT2D eigenvalue weighted by molar-refractivity contribution is 6.13. The predicted octanol–water partition coefficient (Wildman–Crippen LogP) is 7.73. The van der Waals surface area contributed by atoms with Crippen LogP contribution in [0.1, 0.15) is 48.9 Å². The molecule has 0 amide bonds. The number of ether oxygens (including phenoxy) is 1. The first-order valence-corrected chi connectivity index (χ1v) is 12.6. The van der Waals surface area contributed by atoms with E-state index in [0.29, 0.717) is 0 Å². The Morgan fingerprint density at radius 2 is 1.16 bits per heavy atom. The van der Waals surface area contributed by atoms with Gasteiger partial charge in [0.2, 0.25) is 0 Å². The third-order valence-corrected chi connectivity index (χ3v) is 5.83. The largest absolute Gasteiger partial charge is 0.458 e. The molecule has 0 saturated heterocycles. The van der Waals surface area contributed by atoms with Gasteiger partial charge in [0.05, 0.1) is 5.71 Å². The van der Waals surface area contributed by atoms with Gasteiger partial charge in [0.15, 0.2) is 6.04 Å². The van der Waals surface area contributed by atoms with Crippen LogP contribution in [0.25, 0.3) is 6.08 Å². The lowest BCUT2D eigenvalue weighted by atomic mass is 9.89. The standard InChI is InChI=1S/C34H33NO2/c1-34(2,3)37-33(36)32(35-31(28-20-12-6-13-21-28)29-22-14-7-15-23-29)30(27-18-10-5-11-19-27)25-24-26-16-8-4-9-17-26/h4-25,30,32H,1-3H3/b25-24+/t30-,32-/m0/s1. The summed E-state index contributed by atoms with van der Waals surface area (Å²) < 4.78 is 5.95. The van der Waals surface area contributed by atoms with Crippen molar-refractivity contribution in [1.82, 2.24) is 0 Å². The van der Waals surface area contributed by atoms with Crippen LogP contribution in [0.15, 0.2) is 132 Å². The van der Waals surface area contributed by atoms with Gasteiger partial charge in [-0.25, -0.2) is 4.79 Å². The fraction of sp³-hybridized carbons (Fsp3) is 0.176. The van der Waals surface area contributed by atoms with E-state index in [0.717, 1.165) is 28.0 Å². The summed E-state index contributed by atoms with van der Waals surface area (Å²) in [5.74, 6) is -0.692. The second-order valence-corrected chi connectivity index (χ2v) is 9.89. The summed E-state index contributed by atoms with van der Waals surface area (Å²) in [6.45, 7) is 5.66. The number of hydrogen-bond donors (Lipinski definition) is 0. The van der Waals surface area contributed by atoms with Crippen molar-refractivity contribution in [2.24, 2.45) is 4.99 Å². The van der Waals surface area contributed by atoms with E-state index in [1.54, 1.807) is 0 Å². The van der Waals surface area contributed by atoms with E-state index >= 15 is 0 Å². The predicted molar refractivity (Wildman–Crippen MR) is 153 cm³/mol. The number of benzene rings is 4. The van der Waals surface area contributed by atoms with Gasteiger partial charge >= 0.3 is 5.97 Å². The molecule has 0 aromatic heterocycles. The minimum absolute atomic E-state index is 0.335. The van der Waals surface area contributed by atoms with Crippen molar-refractivity contribution >= 4 is 17.8 Å². The quantitative estimate of drug-likeness (QED) is 0.188. The van der Waals surface area contributed by atoms with Gasteiger partial charge < -0.3 is 4.74 Å². The van der Waals surface area contributed by atoms with Crippen LogP contribution in [0.5, 0.6) is 0 Å². The molecule has 3 nitrogen and oxygen atoms in total. The van der Waals surface area contributed by atoms with Crippen LogP contribution in [0, 0.1) is 0 Å². The molecule has 186 valence electrons. The number of carbonyl (C=O) groups is 1. The van der Waals surface area contributed by atoms with E-state index in [-0.39, 0.29) is 11.9 Å². The van der Waals surface area contributed by atoms with E-state index in [1.807, 2.05) is 142 Å². The zero-order valence-corrected chi connectivity index (χ0v) is 21.6. The third-order valence-electron chi connectivity index (χ3n) is 5.83. The van der Waals surface area contributed by atoms with Crippen LogP contribution in [-0.4, -0.2) is 23.3 Å². The molecule has 0 spiro atoms. The molecule has 0 radical (unpaired) electrons. The average molecular weight is 488 g/mol. The van der Waals surface area contributed by atoms with Crippen LogP contribution in [0.3, 0.4) is 0 Å². The van der Waals surface area contributed by atoms with E-state index in [2.05, 4.69) is 12.2 Å². The molecule has 0 saturated carbocycles. The molecular weight excluding hydrogens is 454 g/mol. The lowest BCUT2D eigenvalue weighted by Gasteiger charge is -2.27. The fourth-order valence-corrected chi connectivity index (χ4v) is 4.14. The second-order valence-electron chi connectivity index (χ2n) is 9.89. The molecule has 4 rings (SSSR count). The fourth-order valence-electron chi connectivity index (χ4n) is 4.14. The highest BCUT2D eigenvalue weighted by Gasteiger charge is 2.32. The summed E-state index contributed by atoms with van der Waals surface area (Å²) in [6, 6.07) is 39.3. The summed E-state index contributed by atoms with van der Waals surface area (Å²) in [6.07, 6.45) is 4.12. The molecule has 0 aliphatic rings. The first-order valence-electron chi connectivity index (χ1n) is 12.6. The van der Waals surface area contributed by atoms with Crippen molar-refractivity contribution in [3.8, 4) is 0 Å². The monoisotopic (exact) mass is 487 g/mol. The maximum absolute atomic E-state index is 13.8. The van der Waals surface area contributed by atoms with Crippen molar-refractivity contribution in [3.63, 3.8) is 0 Å². The minimum Gasteiger partial charge on any atom is -0.458 e. The number of esters is 1. The lowest BCUT2D eigenvalue weighted by molar-refractivity contribution is -0.156. The maximum atomic E-state index is 13.8. The Bertz CT molecular complexity index is 1280. The Morgan fingerprint density at radius 3 is 1.65 bits per heavy atom. The van der Waals surface area contributed by atoms with Crippen molar-refractivity contribution < 1.29 is 9.53 Å². The van der Waals surface area contributed by atoms with E-state index < -0.39 is 11.6 Å². The van der Waals surface area contributed by atoms with Gasteiger partial charge in [-0.15, -0.1) is 0 Å². The molecule has 3 heteroatoms. The van der Waals surface area contributed by atoms with Crippen molar-refractivity contribution in [2.75, 3.05) is 0 Å². The van der Waals surface area contributed by atoms with Gasteiger partial charge in [0.25, 0.3) is 0 Å². The Morgan fingerprint density at radius 1 is 0.703 bits per heavy atom. The molecule has 0 aliphatic heterocycles. The summed E-state index contributed by atoms with van der Waals surface area (Å²) in [5.41, 5.74) is 4.05. The van der Waals surface area contributed by atoms with Gasteiger partial charge in [0, 0.05) is 17.0 Å². The topological polar surface area (TPSA) is 38.7 Å². The average Bonchev–Trinajstić information content (AvgIpc) is 2.91. The number of aliphatic imine (C=N–C) groups is 1. The van der Waals surface area contributed by atoms with Crippen LogP contribution in [0.4, 0.5) is 0 Å². The van der Waals surface area contributed by atoms with Gasteiger partial charge in [-0.3, -0.25) is 4.99 Å². The first kappa shape index (κ1) is 25.8. The maximum Gasteiger partial charge on any atom is 0.332 e. The molecule has 0 heterocycles. The SMILES string of the molecule is CC(C)(C)OC(=O)[C@@H](N=C(c1ccccc1)c1ccccc1)[C@@H](/C=C/c1ccccc1)c1ccccc1. The summed E-state index contributed by atoms with van der Waals surface area (Å²) in [5, 5.41) is 0. The van der Waals surface area contributed by atoms with Crippen molar-refractivity contribution in [2.45, 2.75) is 38.3 Å². The Labute approximate surface area is 220 Å². The molecule has 0 unspecified atom stereocenters. The second kappa shape index (κ2) is 12.1. The van der Waals surface area contributed by atoms with Crippen LogP contribution in [-0.2, 0) is 9.53 Å². The van der Waals surface area contributed by atoms with Crippen LogP contribution < -0.4 is 0 Å². The summed E-state index contributed by atoms with van der Waals surface area (Å²) in [4.78, 5) is 19.0. The van der Waals surface area contributed by atoms with Crippen molar-refractivity contribution in [3.05, 3.63) is 150 Å². The summed E-state index contributed by atoms with van der Waals surface area (Å²) in [7, 11) is 0. The molecule has 0 aliphatic carbocycles. The van der Waals surface area contributed by atoms with Crippen LogP contribution in [0.2, 0.25) is 0 Å². The number of hydrogen-bond acceptors (Lipinski definition) is 3. The lowest BCUT2D eigenvalue weighted by Crippen LogP contribution is -2.35. The molecule has 0 fully saturated rings. The highest BCUT2D eigenvalue weighted by Crippen LogP contribution is 2.29. The molecule has 4 aromatic rings. The zero-order valence-electron chi connectivity index (χ0n) is 21.6. The molecule has 0 N–H and O–H groups in total. The van der Waals surface area contributed by atoms with E-state index in [4.69, 9.17) is 9.73 Å². The number of carbonyl (C=O) groups excluding carboxylic acids is 1. The van der Waals surface area contributed by atoms with Gasteiger partial charge in [-0.1, -0.05) is 133 Å². The Balaban J connectivity index is 1.89. The molecule has 0 bridgehead atoms. The first-order chi connectivity index (χ1) is 17.9. The van der Waals surface area contributed by atoms with Gasteiger partial charge in [0.1, 0.15) is 5.60 Å². The van der Waals surface area contributed by atoms with Crippen LogP contribution >= 0.6 is 0 Å². The van der Waals surface area contributed by atoms with E-state index in [1.165, 1.54) is 0 Å². The third kappa shape index (κ3) is 7.37. The zero-order chi connectivity index (χ0) is 26.1. The number of rotatable bonds is 8. The molecular formula is C34H33NO2. The van der Waals surface area contributed by atoms with Gasteiger partial charge in [-0.2, -0.15) is 0 Å².